The van der Waals surface area contributed by atoms with Crippen molar-refractivity contribution in [2.24, 2.45) is 0 Å². The SMILES string of the molecule is Cc1cnn(-c2ccc(C(=O)NCCCc3nc4c(s3)CCCC4)cc2)c1. The van der Waals surface area contributed by atoms with Crippen molar-refractivity contribution in [3.8, 4) is 5.69 Å². The second-order valence-electron chi connectivity index (χ2n) is 7.05. The van der Waals surface area contributed by atoms with Gasteiger partial charge in [0, 0.05) is 29.6 Å². The molecular formula is C21H24N4OS. The lowest BCUT2D eigenvalue weighted by Crippen LogP contribution is -2.24. The highest BCUT2D eigenvalue weighted by Gasteiger charge is 2.14. The van der Waals surface area contributed by atoms with Gasteiger partial charge in [0.2, 0.25) is 0 Å². The Kier molecular flexibility index (Phi) is 5.34. The first-order valence-corrected chi connectivity index (χ1v) is 10.4. The normalized spacial score (nSPS) is 13.4. The fourth-order valence-electron chi connectivity index (χ4n) is 3.38. The lowest BCUT2D eigenvalue weighted by molar-refractivity contribution is 0.0953. The van der Waals surface area contributed by atoms with Crippen LogP contribution in [-0.2, 0) is 19.3 Å². The molecule has 6 heteroatoms. The van der Waals surface area contributed by atoms with E-state index < -0.39 is 0 Å². The average molecular weight is 381 g/mol. The molecule has 1 N–H and O–H groups in total. The topological polar surface area (TPSA) is 59.8 Å². The zero-order valence-corrected chi connectivity index (χ0v) is 16.4. The second-order valence-corrected chi connectivity index (χ2v) is 8.22. The summed E-state index contributed by atoms with van der Waals surface area (Å²) in [4.78, 5) is 18.6. The van der Waals surface area contributed by atoms with Gasteiger partial charge in [0.25, 0.3) is 5.91 Å². The predicted octanol–water partition coefficient (Wildman–Crippen LogP) is 3.88. The van der Waals surface area contributed by atoms with E-state index in [9.17, 15) is 4.79 Å². The molecule has 1 amide bonds. The molecule has 0 radical (unpaired) electrons. The number of rotatable bonds is 6. The molecule has 2 heterocycles. The summed E-state index contributed by atoms with van der Waals surface area (Å²) in [5, 5.41) is 8.51. The summed E-state index contributed by atoms with van der Waals surface area (Å²) in [6.07, 6.45) is 10.5. The van der Waals surface area contributed by atoms with Gasteiger partial charge in [0.1, 0.15) is 0 Å². The molecule has 0 aliphatic heterocycles. The van der Waals surface area contributed by atoms with E-state index in [0.29, 0.717) is 12.1 Å². The lowest BCUT2D eigenvalue weighted by atomic mass is 10.0. The molecule has 0 atom stereocenters. The Hall–Kier alpha value is -2.47. The van der Waals surface area contributed by atoms with Gasteiger partial charge in [-0.15, -0.1) is 11.3 Å². The summed E-state index contributed by atoms with van der Waals surface area (Å²) in [7, 11) is 0. The summed E-state index contributed by atoms with van der Waals surface area (Å²) in [5.41, 5.74) is 4.05. The minimum Gasteiger partial charge on any atom is -0.352 e. The molecule has 3 aromatic rings. The van der Waals surface area contributed by atoms with Crippen LogP contribution in [0.1, 0.15) is 50.8 Å². The summed E-state index contributed by atoms with van der Waals surface area (Å²) < 4.78 is 1.81. The second kappa shape index (κ2) is 8.05. The maximum atomic E-state index is 12.3. The van der Waals surface area contributed by atoms with Gasteiger partial charge in [-0.25, -0.2) is 9.67 Å². The number of hydrogen-bond acceptors (Lipinski definition) is 4. The van der Waals surface area contributed by atoms with E-state index in [2.05, 4.69) is 10.4 Å². The summed E-state index contributed by atoms with van der Waals surface area (Å²) in [6.45, 7) is 2.68. The molecule has 0 unspecified atom stereocenters. The number of carbonyl (C=O) groups is 1. The summed E-state index contributed by atoms with van der Waals surface area (Å²) in [6, 6.07) is 7.52. The van der Waals surface area contributed by atoms with Crippen LogP contribution in [0, 0.1) is 6.92 Å². The van der Waals surface area contributed by atoms with E-state index in [1.54, 1.807) is 0 Å². The molecule has 0 saturated heterocycles. The average Bonchev–Trinajstić information content (AvgIpc) is 3.31. The van der Waals surface area contributed by atoms with Crippen LogP contribution < -0.4 is 5.32 Å². The molecule has 2 aromatic heterocycles. The molecule has 0 saturated carbocycles. The van der Waals surface area contributed by atoms with Crippen molar-refractivity contribution in [1.29, 1.82) is 0 Å². The maximum absolute atomic E-state index is 12.3. The molecule has 1 aromatic carbocycles. The van der Waals surface area contributed by atoms with Crippen LogP contribution >= 0.6 is 11.3 Å². The highest BCUT2D eigenvalue weighted by Crippen LogP contribution is 2.27. The zero-order chi connectivity index (χ0) is 18.6. The molecule has 1 aliphatic carbocycles. The van der Waals surface area contributed by atoms with Gasteiger partial charge >= 0.3 is 0 Å². The first kappa shape index (κ1) is 17.9. The van der Waals surface area contributed by atoms with Crippen LogP contribution in [-0.4, -0.2) is 27.2 Å². The summed E-state index contributed by atoms with van der Waals surface area (Å²) in [5.74, 6) is -0.0309. The Morgan fingerprint density at radius 3 is 2.78 bits per heavy atom. The fraction of sp³-hybridized carbons (Fsp3) is 0.381. The number of thiazole rings is 1. The number of carbonyl (C=O) groups excluding carboxylic acids is 1. The number of aromatic nitrogens is 3. The van der Waals surface area contributed by atoms with E-state index in [1.807, 2.05) is 59.6 Å². The van der Waals surface area contributed by atoms with Crippen molar-refractivity contribution in [1.82, 2.24) is 20.1 Å². The van der Waals surface area contributed by atoms with Crippen LogP contribution in [0.5, 0.6) is 0 Å². The number of nitrogens with one attached hydrogen (secondary N) is 1. The predicted molar refractivity (Wildman–Crippen MR) is 108 cm³/mol. The maximum Gasteiger partial charge on any atom is 0.251 e. The molecule has 140 valence electrons. The number of benzene rings is 1. The Morgan fingerprint density at radius 2 is 2.04 bits per heavy atom. The lowest BCUT2D eigenvalue weighted by Gasteiger charge is -2.06. The number of nitrogens with zero attached hydrogens (tertiary/aromatic N) is 3. The molecule has 27 heavy (non-hydrogen) atoms. The fourth-order valence-corrected chi connectivity index (χ4v) is 4.57. The molecule has 4 rings (SSSR count). The highest BCUT2D eigenvalue weighted by atomic mass is 32.1. The quantitative estimate of drug-likeness (QED) is 0.660. The zero-order valence-electron chi connectivity index (χ0n) is 15.6. The monoisotopic (exact) mass is 380 g/mol. The van der Waals surface area contributed by atoms with Crippen molar-refractivity contribution in [2.45, 2.75) is 45.4 Å². The van der Waals surface area contributed by atoms with Gasteiger partial charge in [-0.1, -0.05) is 0 Å². The third-order valence-corrected chi connectivity index (χ3v) is 6.07. The minimum atomic E-state index is -0.0309. The number of hydrogen-bond donors (Lipinski definition) is 1. The van der Waals surface area contributed by atoms with Crippen molar-refractivity contribution in [3.63, 3.8) is 0 Å². The molecule has 0 spiro atoms. The van der Waals surface area contributed by atoms with Crippen LogP contribution in [0.3, 0.4) is 0 Å². The van der Waals surface area contributed by atoms with Gasteiger partial charge < -0.3 is 5.32 Å². The largest absolute Gasteiger partial charge is 0.352 e. The Balaban J connectivity index is 1.26. The Labute approximate surface area is 163 Å². The van der Waals surface area contributed by atoms with Crippen molar-refractivity contribution in [3.05, 3.63) is 63.4 Å². The number of aryl methyl sites for hydroxylation is 4. The smallest absolute Gasteiger partial charge is 0.251 e. The third-order valence-electron chi connectivity index (χ3n) is 4.85. The first-order valence-electron chi connectivity index (χ1n) is 9.56. The van der Waals surface area contributed by atoms with Crippen LogP contribution in [0.4, 0.5) is 0 Å². The number of fused-ring (bicyclic) bond motifs is 1. The molecule has 5 nitrogen and oxygen atoms in total. The van der Waals surface area contributed by atoms with Crippen LogP contribution in [0.25, 0.3) is 5.69 Å². The van der Waals surface area contributed by atoms with Crippen molar-refractivity contribution in [2.75, 3.05) is 6.54 Å². The Morgan fingerprint density at radius 1 is 1.22 bits per heavy atom. The van der Waals surface area contributed by atoms with Gasteiger partial charge in [-0.05, 0) is 68.9 Å². The van der Waals surface area contributed by atoms with E-state index in [-0.39, 0.29) is 5.91 Å². The third kappa shape index (κ3) is 4.27. The Bertz CT molecular complexity index is 903. The summed E-state index contributed by atoms with van der Waals surface area (Å²) >= 11 is 1.86. The van der Waals surface area contributed by atoms with E-state index in [1.165, 1.54) is 34.8 Å². The minimum absolute atomic E-state index is 0.0309. The van der Waals surface area contributed by atoms with Gasteiger partial charge in [-0.2, -0.15) is 5.10 Å². The molecule has 0 fully saturated rings. The molecule has 1 aliphatic rings. The van der Waals surface area contributed by atoms with Crippen molar-refractivity contribution < 1.29 is 4.79 Å². The standard InChI is InChI=1S/C21H24N4OS/c1-15-13-23-25(14-15)17-10-8-16(9-11-17)21(26)22-12-4-7-20-24-18-5-2-3-6-19(18)27-20/h8-11,13-14H,2-7,12H2,1H3,(H,22,26). The molecule has 0 bridgehead atoms. The van der Waals surface area contributed by atoms with Gasteiger partial charge in [0.05, 0.1) is 22.6 Å². The van der Waals surface area contributed by atoms with Crippen LogP contribution in [0.2, 0.25) is 0 Å². The van der Waals surface area contributed by atoms with Crippen LogP contribution in [0.15, 0.2) is 36.7 Å². The van der Waals surface area contributed by atoms with Crippen molar-refractivity contribution >= 4 is 17.2 Å². The van der Waals surface area contributed by atoms with Gasteiger partial charge in [-0.3, -0.25) is 4.79 Å². The van der Waals surface area contributed by atoms with Gasteiger partial charge in [0.15, 0.2) is 0 Å². The number of amides is 1. The van der Waals surface area contributed by atoms with E-state index in [0.717, 1.165) is 30.5 Å². The molecular weight excluding hydrogens is 356 g/mol. The van der Waals surface area contributed by atoms with E-state index >= 15 is 0 Å². The van der Waals surface area contributed by atoms with E-state index in [4.69, 9.17) is 4.98 Å². The highest BCUT2D eigenvalue weighted by molar-refractivity contribution is 7.11. The first-order chi connectivity index (χ1) is 13.2.